The molecule has 2 aromatic rings. The summed E-state index contributed by atoms with van der Waals surface area (Å²) in [5.74, 6) is 0.414. The highest BCUT2D eigenvalue weighted by molar-refractivity contribution is 5.89. The Labute approximate surface area is 164 Å². The van der Waals surface area contributed by atoms with Crippen LogP contribution in [-0.2, 0) is 27.3 Å². The van der Waals surface area contributed by atoms with Gasteiger partial charge in [-0.05, 0) is 41.3 Å². The second-order valence-electron chi connectivity index (χ2n) is 6.39. The van der Waals surface area contributed by atoms with Crippen molar-refractivity contribution in [2.75, 3.05) is 27.4 Å². The van der Waals surface area contributed by atoms with Crippen molar-refractivity contribution in [3.63, 3.8) is 0 Å². The molecule has 2 aromatic carbocycles. The highest BCUT2D eigenvalue weighted by Crippen LogP contribution is 2.28. The summed E-state index contributed by atoms with van der Waals surface area (Å²) in [4.78, 5) is 26.0. The number of methoxy groups -OCH3 is 2. The molecule has 6 nitrogen and oxygen atoms in total. The summed E-state index contributed by atoms with van der Waals surface area (Å²) in [6.45, 7) is 0.917. The van der Waals surface area contributed by atoms with Crippen LogP contribution in [0.3, 0.4) is 0 Å². The lowest BCUT2D eigenvalue weighted by Gasteiger charge is -2.28. The molecule has 0 saturated carbocycles. The molecule has 1 aliphatic heterocycles. The first kappa shape index (κ1) is 19.5. The first-order valence-electron chi connectivity index (χ1n) is 9.02. The Hall–Kier alpha value is -3.28. The molecule has 3 rings (SSSR count). The van der Waals surface area contributed by atoms with Crippen molar-refractivity contribution in [3.8, 4) is 11.5 Å². The lowest BCUT2D eigenvalue weighted by Crippen LogP contribution is -2.38. The molecule has 1 amide bonds. The smallest absolute Gasteiger partial charge is 0.331 e. The number of nitrogens with zero attached hydrogens (tertiary/aromatic N) is 1. The van der Waals surface area contributed by atoms with Crippen molar-refractivity contribution < 1.29 is 23.8 Å². The molecule has 0 aromatic heterocycles. The Kier molecular flexibility index (Phi) is 6.32. The molecule has 0 atom stereocenters. The number of carbonyl (C=O) groups excluding carboxylic acids is 2. The van der Waals surface area contributed by atoms with Gasteiger partial charge in [-0.25, -0.2) is 4.79 Å². The van der Waals surface area contributed by atoms with Gasteiger partial charge >= 0.3 is 5.97 Å². The summed E-state index contributed by atoms with van der Waals surface area (Å²) < 4.78 is 15.5. The molecule has 1 heterocycles. The van der Waals surface area contributed by atoms with Crippen LogP contribution in [0.15, 0.2) is 48.5 Å². The zero-order chi connectivity index (χ0) is 19.9. The van der Waals surface area contributed by atoms with Crippen molar-refractivity contribution in [3.05, 3.63) is 65.2 Å². The van der Waals surface area contributed by atoms with Gasteiger partial charge in [0.05, 0.1) is 14.2 Å². The number of rotatable bonds is 6. The SMILES string of the molecule is COc1ccc(/C=C/C(=O)OCC(=O)N2CCc3ccccc3C2)cc1OC. The fraction of sp³-hybridized carbons (Fsp3) is 0.273. The Morgan fingerprint density at radius 2 is 1.79 bits per heavy atom. The third kappa shape index (κ3) is 4.71. The minimum absolute atomic E-state index is 0.192. The Morgan fingerprint density at radius 3 is 2.54 bits per heavy atom. The summed E-state index contributed by atoms with van der Waals surface area (Å²) in [5.41, 5.74) is 3.16. The van der Waals surface area contributed by atoms with Crippen molar-refractivity contribution in [2.24, 2.45) is 0 Å². The maximum absolute atomic E-state index is 12.3. The van der Waals surface area contributed by atoms with Crippen LogP contribution >= 0.6 is 0 Å². The molecule has 0 spiro atoms. The van der Waals surface area contributed by atoms with Gasteiger partial charge < -0.3 is 19.1 Å². The normalized spacial score (nSPS) is 13.1. The minimum atomic E-state index is -0.569. The molecule has 0 N–H and O–H groups in total. The summed E-state index contributed by atoms with van der Waals surface area (Å²) in [5, 5.41) is 0. The van der Waals surface area contributed by atoms with E-state index >= 15 is 0 Å². The molecule has 0 saturated heterocycles. The standard InChI is InChI=1S/C22H23NO5/c1-26-19-9-7-16(13-20(19)27-2)8-10-22(25)28-15-21(24)23-12-11-17-5-3-4-6-18(17)14-23/h3-10,13H,11-12,14-15H2,1-2H3/b10-8+. The molecule has 0 radical (unpaired) electrons. The summed E-state index contributed by atoms with van der Waals surface area (Å²) in [6, 6.07) is 13.4. The Balaban J connectivity index is 1.52. The third-order valence-corrected chi connectivity index (χ3v) is 4.64. The van der Waals surface area contributed by atoms with E-state index in [-0.39, 0.29) is 12.5 Å². The maximum atomic E-state index is 12.3. The highest BCUT2D eigenvalue weighted by Gasteiger charge is 2.20. The average molecular weight is 381 g/mol. The van der Waals surface area contributed by atoms with Crippen molar-refractivity contribution >= 4 is 18.0 Å². The van der Waals surface area contributed by atoms with Crippen LogP contribution in [0.25, 0.3) is 6.08 Å². The van der Waals surface area contributed by atoms with Crippen LogP contribution in [0.5, 0.6) is 11.5 Å². The molecule has 0 unspecified atom stereocenters. The fourth-order valence-electron chi connectivity index (χ4n) is 3.10. The number of carbonyl (C=O) groups is 2. The Bertz CT molecular complexity index is 890. The predicted molar refractivity (Wildman–Crippen MR) is 105 cm³/mol. The molecule has 6 heteroatoms. The largest absolute Gasteiger partial charge is 0.493 e. The average Bonchev–Trinajstić information content (AvgIpc) is 2.75. The molecular weight excluding hydrogens is 358 g/mol. The highest BCUT2D eigenvalue weighted by atomic mass is 16.5. The number of fused-ring (bicyclic) bond motifs is 1. The van der Waals surface area contributed by atoms with Gasteiger partial charge in [0.15, 0.2) is 18.1 Å². The van der Waals surface area contributed by atoms with Gasteiger partial charge in [0.25, 0.3) is 5.91 Å². The second-order valence-corrected chi connectivity index (χ2v) is 6.39. The van der Waals surface area contributed by atoms with Crippen LogP contribution in [0.1, 0.15) is 16.7 Å². The molecular formula is C22H23NO5. The molecule has 0 aliphatic carbocycles. The van der Waals surface area contributed by atoms with E-state index in [4.69, 9.17) is 14.2 Å². The fourth-order valence-corrected chi connectivity index (χ4v) is 3.10. The second kappa shape index (κ2) is 9.08. The van der Waals surface area contributed by atoms with Gasteiger partial charge in [-0.3, -0.25) is 4.79 Å². The number of esters is 1. The van der Waals surface area contributed by atoms with Crippen molar-refractivity contribution in [2.45, 2.75) is 13.0 Å². The van der Waals surface area contributed by atoms with E-state index in [9.17, 15) is 9.59 Å². The van der Waals surface area contributed by atoms with E-state index in [2.05, 4.69) is 6.07 Å². The molecule has 0 fully saturated rings. The predicted octanol–water partition coefficient (Wildman–Crippen LogP) is 2.85. The minimum Gasteiger partial charge on any atom is -0.493 e. The van der Waals surface area contributed by atoms with E-state index in [0.717, 1.165) is 17.5 Å². The van der Waals surface area contributed by atoms with Gasteiger partial charge in [-0.2, -0.15) is 0 Å². The van der Waals surface area contributed by atoms with Gasteiger partial charge in [-0.15, -0.1) is 0 Å². The number of benzene rings is 2. The topological polar surface area (TPSA) is 65.1 Å². The quantitative estimate of drug-likeness (QED) is 0.569. The van der Waals surface area contributed by atoms with E-state index in [1.165, 1.54) is 11.6 Å². The first-order valence-corrected chi connectivity index (χ1v) is 9.02. The van der Waals surface area contributed by atoms with Crippen molar-refractivity contribution in [1.82, 2.24) is 4.90 Å². The van der Waals surface area contributed by atoms with Gasteiger partial charge in [0.2, 0.25) is 0 Å². The molecule has 1 aliphatic rings. The van der Waals surface area contributed by atoms with E-state index in [0.29, 0.717) is 24.6 Å². The number of hydrogen-bond acceptors (Lipinski definition) is 5. The van der Waals surface area contributed by atoms with E-state index < -0.39 is 5.97 Å². The summed E-state index contributed by atoms with van der Waals surface area (Å²) in [7, 11) is 3.10. The molecule has 0 bridgehead atoms. The number of amides is 1. The van der Waals surface area contributed by atoms with Crippen LogP contribution < -0.4 is 9.47 Å². The third-order valence-electron chi connectivity index (χ3n) is 4.64. The number of hydrogen-bond donors (Lipinski definition) is 0. The molecule has 28 heavy (non-hydrogen) atoms. The van der Waals surface area contributed by atoms with Gasteiger partial charge in [-0.1, -0.05) is 30.3 Å². The van der Waals surface area contributed by atoms with Crippen LogP contribution in [-0.4, -0.2) is 44.1 Å². The van der Waals surface area contributed by atoms with Crippen LogP contribution in [0, 0.1) is 0 Å². The monoisotopic (exact) mass is 381 g/mol. The lowest BCUT2D eigenvalue weighted by atomic mass is 10.00. The zero-order valence-corrected chi connectivity index (χ0v) is 16.0. The lowest BCUT2D eigenvalue weighted by molar-refractivity contribution is -0.148. The van der Waals surface area contributed by atoms with Crippen molar-refractivity contribution in [1.29, 1.82) is 0 Å². The zero-order valence-electron chi connectivity index (χ0n) is 16.0. The van der Waals surface area contributed by atoms with Crippen LogP contribution in [0.2, 0.25) is 0 Å². The maximum Gasteiger partial charge on any atom is 0.331 e. The summed E-state index contributed by atoms with van der Waals surface area (Å²) in [6.07, 6.45) is 3.71. The molecule has 146 valence electrons. The summed E-state index contributed by atoms with van der Waals surface area (Å²) >= 11 is 0. The van der Waals surface area contributed by atoms with E-state index in [1.54, 1.807) is 43.4 Å². The number of ether oxygens (including phenoxy) is 3. The van der Waals surface area contributed by atoms with E-state index in [1.807, 2.05) is 18.2 Å². The Morgan fingerprint density at radius 1 is 1.04 bits per heavy atom. The van der Waals surface area contributed by atoms with Gasteiger partial charge in [0.1, 0.15) is 0 Å². The first-order chi connectivity index (χ1) is 13.6. The van der Waals surface area contributed by atoms with Crippen LogP contribution in [0.4, 0.5) is 0 Å². The van der Waals surface area contributed by atoms with Gasteiger partial charge in [0, 0.05) is 19.2 Å².